The number of carbonyl (C=O) groups is 1. The number of rotatable bonds is 7. The normalized spacial score (nSPS) is 27.8. The quantitative estimate of drug-likeness (QED) is 0.689. The third-order valence-corrected chi connectivity index (χ3v) is 5.60. The molecule has 0 saturated carbocycles. The van der Waals surface area contributed by atoms with E-state index in [9.17, 15) is 9.18 Å². The van der Waals surface area contributed by atoms with Gasteiger partial charge in [-0.1, -0.05) is 36.8 Å². The monoisotopic (exact) mass is 317 g/mol. The molecule has 1 aromatic rings. The fourth-order valence-corrected chi connectivity index (χ4v) is 4.39. The molecular formula is C20H28FNO. The number of halogens is 1. The molecule has 2 heterocycles. The van der Waals surface area contributed by atoms with Crippen molar-refractivity contribution in [2.45, 2.75) is 70.0 Å². The summed E-state index contributed by atoms with van der Waals surface area (Å²) in [6.07, 6.45) is 7.58. The summed E-state index contributed by atoms with van der Waals surface area (Å²) < 4.78 is 12.2. The lowest BCUT2D eigenvalue weighted by Crippen LogP contribution is -2.52. The standard InChI is InChI=1S/C20H28FNO/c21-12-5-4-11-20(23)17-13-18-9-6-10-19(14-17)22(18)15-16-7-2-1-3-8-16/h1-3,7-8,17-19H,4-6,9-15H2. The van der Waals surface area contributed by atoms with Gasteiger partial charge in [0.1, 0.15) is 5.78 Å². The highest BCUT2D eigenvalue weighted by Crippen LogP contribution is 2.38. The minimum atomic E-state index is -0.298. The van der Waals surface area contributed by atoms with Crippen LogP contribution in [0.4, 0.5) is 4.39 Å². The molecule has 0 aromatic heterocycles. The van der Waals surface area contributed by atoms with Gasteiger partial charge >= 0.3 is 0 Å². The van der Waals surface area contributed by atoms with Gasteiger partial charge in [-0.05, 0) is 44.1 Å². The first kappa shape index (κ1) is 16.6. The Balaban J connectivity index is 1.60. The van der Waals surface area contributed by atoms with Crippen molar-refractivity contribution in [3.63, 3.8) is 0 Å². The number of ketones is 1. The van der Waals surface area contributed by atoms with Gasteiger partial charge in [0, 0.05) is 31.0 Å². The van der Waals surface area contributed by atoms with Crippen LogP contribution < -0.4 is 0 Å². The molecule has 2 aliphatic rings. The van der Waals surface area contributed by atoms with Crippen LogP contribution in [-0.4, -0.2) is 29.4 Å². The van der Waals surface area contributed by atoms with E-state index in [4.69, 9.17) is 0 Å². The zero-order valence-electron chi connectivity index (χ0n) is 13.9. The largest absolute Gasteiger partial charge is 0.299 e. The first-order valence-electron chi connectivity index (χ1n) is 9.16. The Kier molecular flexibility index (Phi) is 5.82. The van der Waals surface area contributed by atoms with Crippen LogP contribution in [0.15, 0.2) is 30.3 Å². The summed E-state index contributed by atoms with van der Waals surface area (Å²) in [5, 5.41) is 0. The first-order chi connectivity index (χ1) is 11.3. The number of alkyl halides is 1. The van der Waals surface area contributed by atoms with Crippen LogP contribution in [0.3, 0.4) is 0 Å². The maximum atomic E-state index is 12.4. The molecule has 0 aliphatic carbocycles. The van der Waals surface area contributed by atoms with Crippen molar-refractivity contribution < 1.29 is 9.18 Å². The van der Waals surface area contributed by atoms with Crippen LogP contribution in [0.1, 0.15) is 56.9 Å². The second-order valence-electron chi connectivity index (χ2n) is 7.18. The van der Waals surface area contributed by atoms with Gasteiger partial charge in [-0.25, -0.2) is 0 Å². The molecule has 2 unspecified atom stereocenters. The van der Waals surface area contributed by atoms with E-state index in [1.807, 2.05) is 0 Å². The summed E-state index contributed by atoms with van der Waals surface area (Å²) in [5.74, 6) is 0.603. The number of carbonyl (C=O) groups excluding carboxylic acids is 1. The van der Waals surface area contributed by atoms with E-state index in [1.54, 1.807) is 0 Å². The third kappa shape index (κ3) is 4.20. The zero-order chi connectivity index (χ0) is 16.1. The Morgan fingerprint density at radius 3 is 2.43 bits per heavy atom. The van der Waals surface area contributed by atoms with Crippen LogP contribution in [0.2, 0.25) is 0 Å². The van der Waals surface area contributed by atoms with E-state index in [0.29, 0.717) is 30.7 Å². The number of benzene rings is 1. The van der Waals surface area contributed by atoms with Crippen molar-refractivity contribution in [3.8, 4) is 0 Å². The van der Waals surface area contributed by atoms with Crippen LogP contribution in [-0.2, 0) is 11.3 Å². The molecule has 3 rings (SSSR count). The van der Waals surface area contributed by atoms with E-state index in [-0.39, 0.29) is 12.6 Å². The molecule has 0 amide bonds. The molecular weight excluding hydrogens is 289 g/mol. The summed E-state index contributed by atoms with van der Waals surface area (Å²) in [5.41, 5.74) is 1.37. The summed E-state index contributed by atoms with van der Waals surface area (Å²) in [4.78, 5) is 15.1. The molecule has 0 spiro atoms. The van der Waals surface area contributed by atoms with Gasteiger partial charge in [0.15, 0.2) is 0 Å². The van der Waals surface area contributed by atoms with Crippen LogP contribution >= 0.6 is 0 Å². The molecule has 3 heteroatoms. The van der Waals surface area contributed by atoms with Crippen LogP contribution in [0, 0.1) is 5.92 Å². The van der Waals surface area contributed by atoms with Gasteiger partial charge in [-0.3, -0.25) is 14.1 Å². The van der Waals surface area contributed by atoms with Gasteiger partial charge < -0.3 is 0 Å². The van der Waals surface area contributed by atoms with E-state index < -0.39 is 0 Å². The van der Waals surface area contributed by atoms with E-state index in [2.05, 4.69) is 35.2 Å². The molecule has 2 nitrogen and oxygen atoms in total. The third-order valence-electron chi connectivity index (χ3n) is 5.60. The molecule has 0 N–H and O–H groups in total. The topological polar surface area (TPSA) is 20.3 Å². The van der Waals surface area contributed by atoms with Crippen molar-refractivity contribution in [1.29, 1.82) is 0 Å². The SMILES string of the molecule is O=C(CCCCF)C1CC2CCCC(C1)N2Cc1ccccc1. The van der Waals surface area contributed by atoms with Gasteiger partial charge in [0.2, 0.25) is 0 Å². The lowest BCUT2D eigenvalue weighted by molar-refractivity contribution is -0.127. The Bertz CT molecular complexity index is 490. The fraction of sp³-hybridized carbons (Fsp3) is 0.650. The Morgan fingerprint density at radius 1 is 1.09 bits per heavy atom. The highest BCUT2D eigenvalue weighted by molar-refractivity contribution is 5.81. The molecule has 2 fully saturated rings. The Labute approximate surface area is 139 Å². The summed E-state index contributed by atoms with van der Waals surface area (Å²) in [6, 6.07) is 11.8. The number of Topliss-reactive ketones (excluding diaryl/α,β-unsaturated/α-hetero) is 1. The zero-order valence-corrected chi connectivity index (χ0v) is 13.9. The molecule has 23 heavy (non-hydrogen) atoms. The van der Waals surface area contributed by atoms with Gasteiger partial charge in [0.05, 0.1) is 6.67 Å². The minimum Gasteiger partial charge on any atom is -0.299 e. The number of nitrogens with zero attached hydrogens (tertiary/aromatic N) is 1. The average molecular weight is 317 g/mol. The predicted molar refractivity (Wildman–Crippen MR) is 91.0 cm³/mol. The van der Waals surface area contributed by atoms with E-state index >= 15 is 0 Å². The highest BCUT2D eigenvalue weighted by atomic mass is 19.1. The lowest BCUT2D eigenvalue weighted by atomic mass is 9.76. The van der Waals surface area contributed by atoms with E-state index in [0.717, 1.165) is 25.8 Å². The maximum absolute atomic E-state index is 12.4. The summed E-state index contributed by atoms with van der Waals surface area (Å²) in [6.45, 7) is 0.715. The number of hydrogen-bond donors (Lipinski definition) is 0. The van der Waals surface area contributed by atoms with Gasteiger partial charge in [0.25, 0.3) is 0 Å². The second kappa shape index (κ2) is 8.05. The molecule has 2 aliphatic heterocycles. The van der Waals surface area contributed by atoms with Crippen molar-refractivity contribution >= 4 is 5.78 Å². The number of fused-ring (bicyclic) bond motifs is 2. The molecule has 126 valence electrons. The number of piperidine rings is 2. The van der Waals surface area contributed by atoms with Gasteiger partial charge in [-0.15, -0.1) is 0 Å². The molecule has 1 aromatic carbocycles. The maximum Gasteiger partial charge on any atom is 0.136 e. The summed E-state index contributed by atoms with van der Waals surface area (Å²) in [7, 11) is 0. The molecule has 2 saturated heterocycles. The second-order valence-corrected chi connectivity index (χ2v) is 7.18. The number of hydrogen-bond acceptors (Lipinski definition) is 2. The molecule has 2 atom stereocenters. The predicted octanol–water partition coefficient (Wildman–Crippen LogP) is 4.53. The first-order valence-corrected chi connectivity index (χ1v) is 9.16. The van der Waals surface area contributed by atoms with Gasteiger partial charge in [-0.2, -0.15) is 0 Å². The Morgan fingerprint density at radius 2 is 1.78 bits per heavy atom. The lowest BCUT2D eigenvalue weighted by Gasteiger charge is -2.48. The minimum absolute atomic E-state index is 0.219. The van der Waals surface area contributed by atoms with Crippen LogP contribution in [0.5, 0.6) is 0 Å². The van der Waals surface area contributed by atoms with E-state index in [1.165, 1.54) is 24.8 Å². The molecule has 0 radical (unpaired) electrons. The Hall–Kier alpha value is -1.22. The van der Waals surface area contributed by atoms with Crippen LogP contribution in [0.25, 0.3) is 0 Å². The van der Waals surface area contributed by atoms with Crippen molar-refractivity contribution in [3.05, 3.63) is 35.9 Å². The van der Waals surface area contributed by atoms with Crippen molar-refractivity contribution in [2.24, 2.45) is 5.92 Å². The van der Waals surface area contributed by atoms with Crippen molar-refractivity contribution in [2.75, 3.05) is 6.67 Å². The van der Waals surface area contributed by atoms with Crippen molar-refractivity contribution in [1.82, 2.24) is 4.90 Å². The number of unbranched alkanes of at least 4 members (excludes halogenated alkanes) is 1. The molecule has 2 bridgehead atoms. The smallest absolute Gasteiger partial charge is 0.136 e. The average Bonchev–Trinajstić information content (AvgIpc) is 2.55. The highest BCUT2D eigenvalue weighted by Gasteiger charge is 2.40. The summed E-state index contributed by atoms with van der Waals surface area (Å²) >= 11 is 0. The fourth-order valence-electron chi connectivity index (χ4n) is 4.39.